The molecule has 0 aliphatic carbocycles. The van der Waals surface area contributed by atoms with Crippen molar-refractivity contribution < 1.29 is 13.6 Å². The summed E-state index contributed by atoms with van der Waals surface area (Å²) in [6, 6.07) is 101. The van der Waals surface area contributed by atoms with Gasteiger partial charge in [0.2, 0.25) is 0 Å². The summed E-state index contributed by atoms with van der Waals surface area (Å²) in [4.78, 5) is 30.6. The molecule has 0 unspecified atom stereocenters. The Morgan fingerprint density at radius 2 is 0.615 bits per heavy atom. The Morgan fingerprint density at radius 1 is 0.281 bits per heavy atom. The van der Waals surface area contributed by atoms with Crippen molar-refractivity contribution in [2.75, 3.05) is 89.7 Å². The van der Waals surface area contributed by atoms with Gasteiger partial charge >= 0.3 is 0 Å². The third-order valence-corrected chi connectivity index (χ3v) is 18.1. The van der Waals surface area contributed by atoms with Crippen LogP contribution < -0.4 is 58.5 Å². The molecule has 13 aromatic rings. The molecule has 0 bridgehead atoms. The maximum atomic E-state index is 8.35. The molecule has 0 atom stereocenters. The topological polar surface area (TPSA) is 76.6 Å². The number of aromatic nitrogens is 2. The molecular formula is C82H66N12O2. The third-order valence-electron chi connectivity index (χ3n) is 18.1. The fourth-order valence-corrected chi connectivity index (χ4v) is 13.7. The van der Waals surface area contributed by atoms with Crippen LogP contribution in [0.25, 0.3) is 0 Å². The largest absolute Gasteiger partial charge is 0.457 e. The Bertz CT molecular complexity index is 5020. The van der Waals surface area contributed by atoms with Crippen molar-refractivity contribution in [2.24, 2.45) is 0 Å². The van der Waals surface area contributed by atoms with Crippen molar-refractivity contribution in [2.45, 2.75) is 0 Å². The number of rotatable bonds is 16. The van der Waals surface area contributed by atoms with Gasteiger partial charge in [0.1, 0.15) is 36.3 Å². The lowest BCUT2D eigenvalue weighted by Crippen LogP contribution is -2.25. The SMILES string of the molecule is [2H]C([2H])([2H])N1CN(c2cccc(Oc3cc(N4CN(c5ccc(N6CN(c7cc(Oc8cccc(N9CN(C)c%10cnccc%109)c8)cc(N(c8ccccc8)c8ccccc8)c7)c7ccccc76)cc5)c5ccccc54)cc(N(c4ccccc4)c4ccccc4)c3)c2)c2ccncc21. The molecule has 0 amide bonds. The fraction of sp³-hybridized carbons (Fsp3) is 0.0732. The molecule has 0 spiro atoms. The first-order valence-corrected chi connectivity index (χ1v) is 32.1. The number of benzene rings is 11. The predicted octanol–water partition coefficient (Wildman–Crippen LogP) is 20.6. The highest BCUT2D eigenvalue weighted by Crippen LogP contribution is 2.52. The number of hydrogen-bond acceptors (Lipinski definition) is 14. The molecule has 0 saturated heterocycles. The molecule has 11 aromatic carbocycles. The van der Waals surface area contributed by atoms with Gasteiger partial charge in [-0.05, 0) is 146 Å². The number of nitrogens with zero attached hydrogens (tertiary/aromatic N) is 12. The molecule has 0 radical (unpaired) electrons. The molecular weight excluding hydrogens is 1180 g/mol. The van der Waals surface area contributed by atoms with E-state index in [4.69, 9.17) is 13.6 Å². The van der Waals surface area contributed by atoms with Crippen molar-refractivity contribution in [3.63, 3.8) is 0 Å². The highest BCUT2D eigenvalue weighted by atomic mass is 16.5. The number of anilines is 20. The quantitative estimate of drug-likeness (QED) is 0.0921. The summed E-state index contributed by atoms with van der Waals surface area (Å²) >= 11 is 0. The monoisotopic (exact) mass is 1250 g/mol. The zero-order chi connectivity index (χ0) is 66.6. The number of ether oxygens (including phenoxy) is 2. The van der Waals surface area contributed by atoms with Gasteiger partial charge < -0.3 is 58.5 Å². The Hall–Kier alpha value is -12.7. The highest BCUT2D eigenvalue weighted by molar-refractivity contribution is 5.93. The maximum absolute atomic E-state index is 8.35. The van der Waals surface area contributed by atoms with Gasteiger partial charge in [-0.2, -0.15) is 0 Å². The van der Waals surface area contributed by atoms with Crippen LogP contribution in [0.15, 0.2) is 316 Å². The van der Waals surface area contributed by atoms with Gasteiger partial charge in [0, 0.05) is 124 Å². The maximum Gasteiger partial charge on any atom is 0.131 e. The summed E-state index contributed by atoms with van der Waals surface area (Å²) in [6.45, 7) is -0.500. The van der Waals surface area contributed by atoms with Crippen LogP contribution in [0.5, 0.6) is 23.0 Å². The second-order valence-electron chi connectivity index (χ2n) is 24.1. The third kappa shape index (κ3) is 10.7. The smallest absolute Gasteiger partial charge is 0.131 e. The van der Waals surface area contributed by atoms with Gasteiger partial charge in [-0.15, -0.1) is 0 Å². The molecule has 14 nitrogen and oxygen atoms in total. The van der Waals surface area contributed by atoms with Gasteiger partial charge in [-0.3, -0.25) is 9.97 Å². The highest BCUT2D eigenvalue weighted by Gasteiger charge is 2.33. The van der Waals surface area contributed by atoms with E-state index in [1.165, 1.54) is 4.90 Å². The Morgan fingerprint density at radius 3 is 1.01 bits per heavy atom. The van der Waals surface area contributed by atoms with Crippen molar-refractivity contribution in [3.8, 4) is 23.0 Å². The first-order valence-electron chi connectivity index (χ1n) is 33.6. The lowest BCUT2D eigenvalue weighted by atomic mass is 10.1. The minimum atomic E-state index is -2.36. The average molecular weight is 1250 g/mol. The van der Waals surface area contributed by atoms with Crippen LogP contribution >= 0.6 is 0 Å². The van der Waals surface area contributed by atoms with Gasteiger partial charge in [-0.1, -0.05) is 109 Å². The molecule has 2 aromatic heterocycles. The summed E-state index contributed by atoms with van der Waals surface area (Å²) in [5.74, 6) is 2.63. The Labute approximate surface area is 563 Å². The van der Waals surface area contributed by atoms with Crippen molar-refractivity contribution in [1.82, 2.24) is 9.97 Å². The minimum absolute atomic E-state index is 0.129. The zero-order valence-corrected chi connectivity index (χ0v) is 52.5. The van der Waals surface area contributed by atoms with E-state index >= 15 is 0 Å². The van der Waals surface area contributed by atoms with Gasteiger partial charge in [0.25, 0.3) is 0 Å². The van der Waals surface area contributed by atoms with Gasteiger partial charge in [0.15, 0.2) is 0 Å². The first kappa shape index (κ1) is 53.9. The van der Waals surface area contributed by atoms with E-state index in [-0.39, 0.29) is 6.67 Å². The van der Waals surface area contributed by atoms with Gasteiger partial charge in [-0.25, -0.2) is 0 Å². The minimum Gasteiger partial charge on any atom is -0.457 e. The molecule has 4 aliphatic rings. The van der Waals surface area contributed by atoms with E-state index in [1.54, 1.807) is 12.4 Å². The second-order valence-corrected chi connectivity index (χ2v) is 24.1. The number of pyridine rings is 2. The zero-order valence-electron chi connectivity index (χ0n) is 55.5. The lowest BCUT2D eigenvalue weighted by molar-refractivity contribution is 0.482. The summed E-state index contributed by atoms with van der Waals surface area (Å²) in [5.41, 5.74) is 19.4. The number of para-hydroxylation sites is 8. The summed E-state index contributed by atoms with van der Waals surface area (Å²) in [6.07, 6.45) is 7.06. The number of hydrogen-bond donors (Lipinski definition) is 0. The molecule has 14 heteroatoms. The summed E-state index contributed by atoms with van der Waals surface area (Å²) < 4.78 is 39.1. The normalized spacial score (nSPS) is 14.2. The van der Waals surface area contributed by atoms with E-state index < -0.39 is 6.98 Å². The van der Waals surface area contributed by atoms with Crippen molar-refractivity contribution >= 4 is 114 Å². The van der Waals surface area contributed by atoms with Crippen LogP contribution in [0.1, 0.15) is 4.11 Å². The predicted molar refractivity (Wildman–Crippen MR) is 392 cm³/mol. The fourth-order valence-electron chi connectivity index (χ4n) is 13.7. The molecule has 6 heterocycles. The van der Waals surface area contributed by atoms with Crippen LogP contribution in [-0.4, -0.2) is 50.7 Å². The van der Waals surface area contributed by atoms with E-state index in [2.05, 4.69) is 299 Å². The molecule has 17 rings (SSSR count). The van der Waals surface area contributed by atoms with Crippen LogP contribution in [0, 0.1) is 0 Å². The van der Waals surface area contributed by atoms with E-state index in [9.17, 15) is 0 Å². The Balaban J connectivity index is 0.698. The van der Waals surface area contributed by atoms with Gasteiger partial charge in [0.05, 0.1) is 82.6 Å². The van der Waals surface area contributed by atoms with Crippen LogP contribution in [0.4, 0.5) is 114 Å². The average Bonchev–Trinajstić information content (AvgIpc) is 1.63. The molecule has 0 saturated carbocycles. The van der Waals surface area contributed by atoms with Crippen molar-refractivity contribution in [3.05, 3.63) is 316 Å². The second kappa shape index (κ2) is 24.4. The Kier molecular flexibility index (Phi) is 13.7. The first-order chi connectivity index (χ1) is 48.6. The number of fused-ring (bicyclic) bond motifs is 4. The standard InChI is InChI=1S/C82H66N12O2/c1-85-55-87(79-41-43-83-53-81(79)85)65-29-19-31-71(47-65)95-73-49-67(45-69(51-73)93(61-21-7-3-8-22-61)62-23-9-4-10-24-62)91-57-89(75-33-15-17-35-77(75)91)59-37-39-60(40-38-59)90-58-92(78-36-18-16-34-76(78)90)68-46-70(94(63-25-11-5-12-26-63)64-27-13-6-14-28-64)52-74(50-68)96-72-32-20-30-66(48-72)88-56-86(2)82-54-84-44-42-80(82)88/h3-54H,55-58H2,1-2H3/i1D3. The molecule has 0 N–H and O–H groups in total. The molecule has 4 aliphatic heterocycles. The summed E-state index contributed by atoms with van der Waals surface area (Å²) in [7, 11) is 2.09. The van der Waals surface area contributed by atoms with Crippen molar-refractivity contribution in [1.29, 1.82) is 0 Å². The van der Waals surface area contributed by atoms with Crippen LogP contribution in [0.3, 0.4) is 0 Å². The van der Waals surface area contributed by atoms with E-state index in [1.807, 2.05) is 65.8 Å². The van der Waals surface area contributed by atoms with Crippen LogP contribution in [-0.2, 0) is 0 Å². The van der Waals surface area contributed by atoms with E-state index in [0.29, 0.717) is 42.9 Å². The van der Waals surface area contributed by atoms with E-state index in [0.717, 1.165) is 114 Å². The summed E-state index contributed by atoms with van der Waals surface area (Å²) in [5, 5.41) is 0. The lowest BCUT2D eigenvalue weighted by Gasteiger charge is -2.29. The van der Waals surface area contributed by atoms with Crippen LogP contribution in [0.2, 0.25) is 0 Å². The molecule has 96 heavy (non-hydrogen) atoms. The molecule has 466 valence electrons. The molecule has 0 fully saturated rings.